The van der Waals surface area contributed by atoms with Crippen LogP contribution in [0.15, 0.2) is 59.6 Å². The number of fused-ring (bicyclic) bond motifs is 1. The number of carbonyl (C=O) groups excluding carboxylic acids is 1. The average Bonchev–Trinajstić information content (AvgIpc) is 3.59. The third-order valence-corrected chi connectivity index (χ3v) is 7.27. The molecular weight excluding hydrogens is 506 g/mol. The van der Waals surface area contributed by atoms with Crippen LogP contribution in [-0.4, -0.2) is 60.8 Å². The van der Waals surface area contributed by atoms with Crippen molar-refractivity contribution in [3.8, 4) is 22.8 Å². The number of oxazole rings is 1. The highest BCUT2D eigenvalue weighted by Crippen LogP contribution is 2.41. The molecule has 1 fully saturated rings. The van der Waals surface area contributed by atoms with Gasteiger partial charge in [-0.2, -0.15) is 0 Å². The molecule has 3 N–H and O–H groups in total. The Kier molecular flexibility index (Phi) is 6.72. The Morgan fingerprint density at radius 2 is 1.98 bits per heavy atom. The summed E-state index contributed by atoms with van der Waals surface area (Å²) < 4.78 is 7.45. The molecule has 6 rings (SSSR count). The van der Waals surface area contributed by atoms with Crippen molar-refractivity contribution in [1.29, 1.82) is 0 Å². The molecule has 1 saturated carbocycles. The molecule has 40 heavy (non-hydrogen) atoms. The molecule has 11 heteroatoms. The number of imidazole rings is 1. The molecule has 0 spiro atoms. The molecule has 0 radical (unpaired) electrons. The van der Waals surface area contributed by atoms with Crippen molar-refractivity contribution < 1.29 is 9.21 Å². The number of carbonyl (C=O) groups is 1. The maximum absolute atomic E-state index is 13.3. The SMILES string of the molecule is Cc1cnc2ccc(-c3nc(C(=O)NCc4cccc(C5CC(CN(C)C)C5)n4)c(N)nc3-c3ncco3)cn12. The molecule has 1 aliphatic carbocycles. The quantitative estimate of drug-likeness (QED) is 0.303. The van der Waals surface area contributed by atoms with Gasteiger partial charge in [-0.25, -0.2) is 19.9 Å². The van der Waals surface area contributed by atoms with E-state index in [2.05, 4.69) is 50.3 Å². The van der Waals surface area contributed by atoms with Gasteiger partial charge < -0.3 is 24.8 Å². The van der Waals surface area contributed by atoms with Gasteiger partial charge in [-0.3, -0.25) is 9.78 Å². The molecule has 1 aliphatic rings. The molecule has 11 nitrogen and oxygen atoms in total. The van der Waals surface area contributed by atoms with Gasteiger partial charge in [0.15, 0.2) is 17.2 Å². The Bertz CT molecular complexity index is 1670. The van der Waals surface area contributed by atoms with Crippen LogP contribution in [0.5, 0.6) is 0 Å². The topological polar surface area (TPSA) is 140 Å². The molecule has 0 atom stereocenters. The van der Waals surface area contributed by atoms with Crippen LogP contribution in [0.2, 0.25) is 0 Å². The van der Waals surface area contributed by atoms with Crippen molar-refractivity contribution in [2.45, 2.75) is 32.2 Å². The molecule has 0 bridgehead atoms. The highest BCUT2D eigenvalue weighted by Gasteiger charge is 2.31. The predicted octanol–water partition coefficient (Wildman–Crippen LogP) is 3.72. The minimum atomic E-state index is -0.438. The molecular formula is C29H31N9O2. The first kappa shape index (κ1) is 25.6. The van der Waals surface area contributed by atoms with Crippen LogP contribution in [0.3, 0.4) is 0 Å². The van der Waals surface area contributed by atoms with E-state index in [4.69, 9.17) is 15.1 Å². The first-order valence-corrected chi connectivity index (χ1v) is 13.3. The van der Waals surface area contributed by atoms with Gasteiger partial charge in [0, 0.05) is 41.8 Å². The monoisotopic (exact) mass is 537 g/mol. The number of rotatable bonds is 8. The first-order chi connectivity index (χ1) is 19.4. The number of hydrogen-bond donors (Lipinski definition) is 2. The van der Waals surface area contributed by atoms with Gasteiger partial charge in [-0.15, -0.1) is 0 Å². The van der Waals surface area contributed by atoms with E-state index in [9.17, 15) is 4.79 Å². The van der Waals surface area contributed by atoms with E-state index in [0.29, 0.717) is 28.8 Å². The van der Waals surface area contributed by atoms with Crippen molar-refractivity contribution >= 4 is 17.4 Å². The molecule has 0 saturated heterocycles. The molecule has 0 unspecified atom stereocenters. The third kappa shape index (κ3) is 5.03. The van der Waals surface area contributed by atoms with Crippen LogP contribution >= 0.6 is 0 Å². The van der Waals surface area contributed by atoms with Gasteiger partial charge in [0.05, 0.1) is 18.4 Å². The fraction of sp³-hybridized carbons (Fsp3) is 0.310. The van der Waals surface area contributed by atoms with E-state index >= 15 is 0 Å². The van der Waals surface area contributed by atoms with E-state index in [1.807, 2.05) is 41.8 Å². The summed E-state index contributed by atoms with van der Waals surface area (Å²) in [5.74, 6) is 0.973. The van der Waals surface area contributed by atoms with Crippen LogP contribution in [0.25, 0.3) is 28.5 Å². The van der Waals surface area contributed by atoms with E-state index in [1.54, 1.807) is 6.20 Å². The van der Waals surface area contributed by atoms with Crippen molar-refractivity contribution in [1.82, 2.24) is 39.5 Å². The van der Waals surface area contributed by atoms with Crippen LogP contribution in [0.4, 0.5) is 5.82 Å². The Morgan fingerprint density at radius 3 is 2.75 bits per heavy atom. The maximum Gasteiger partial charge on any atom is 0.274 e. The lowest BCUT2D eigenvalue weighted by Crippen LogP contribution is -2.32. The normalized spacial score (nSPS) is 16.8. The Balaban J connectivity index is 1.24. The molecule has 5 heterocycles. The summed E-state index contributed by atoms with van der Waals surface area (Å²) in [4.78, 5) is 38.1. The lowest BCUT2D eigenvalue weighted by Gasteiger charge is -2.36. The molecule has 0 aliphatic heterocycles. The molecule has 5 aromatic heterocycles. The number of nitrogen functional groups attached to an aromatic ring is 1. The first-order valence-electron chi connectivity index (χ1n) is 13.3. The highest BCUT2D eigenvalue weighted by molar-refractivity contribution is 5.97. The van der Waals surface area contributed by atoms with E-state index in [0.717, 1.165) is 42.1 Å². The van der Waals surface area contributed by atoms with Gasteiger partial charge in [-0.05, 0) is 64.0 Å². The molecule has 204 valence electrons. The number of nitrogens with one attached hydrogen (secondary N) is 1. The summed E-state index contributed by atoms with van der Waals surface area (Å²) in [5.41, 5.74) is 11.4. The number of nitrogens with zero attached hydrogens (tertiary/aromatic N) is 7. The zero-order valence-electron chi connectivity index (χ0n) is 22.7. The maximum atomic E-state index is 13.3. The number of nitrogens with two attached hydrogens (primary N) is 1. The van der Waals surface area contributed by atoms with Gasteiger partial charge in [0.2, 0.25) is 5.89 Å². The van der Waals surface area contributed by atoms with Crippen LogP contribution in [-0.2, 0) is 6.54 Å². The number of aromatic nitrogens is 6. The third-order valence-electron chi connectivity index (χ3n) is 7.27. The van der Waals surface area contributed by atoms with Gasteiger partial charge >= 0.3 is 0 Å². The Labute approximate surface area is 231 Å². The minimum Gasteiger partial charge on any atom is -0.443 e. The van der Waals surface area contributed by atoms with Crippen molar-refractivity contribution in [3.63, 3.8) is 0 Å². The molecule has 5 aromatic rings. The average molecular weight is 538 g/mol. The fourth-order valence-corrected chi connectivity index (χ4v) is 5.27. The standard InChI is InChI=1S/C29H31N9O2/c1-17-13-32-23-8-7-19(16-38(17)23)24-25(29-31-9-10-40-29)36-27(30)26(35-24)28(39)33-14-21-5-4-6-22(34-21)20-11-18(12-20)15-37(2)3/h4-10,13,16,18,20H,11-12,14-15H2,1-3H3,(H2,30,36)(H,33,39). The minimum absolute atomic E-state index is 0.0162. The number of pyridine rings is 2. The number of hydrogen-bond acceptors (Lipinski definition) is 9. The second-order valence-corrected chi connectivity index (χ2v) is 10.6. The number of anilines is 1. The zero-order chi connectivity index (χ0) is 27.8. The smallest absolute Gasteiger partial charge is 0.274 e. The summed E-state index contributed by atoms with van der Waals surface area (Å²) in [5, 5.41) is 2.92. The predicted molar refractivity (Wildman–Crippen MR) is 150 cm³/mol. The Morgan fingerprint density at radius 1 is 1.12 bits per heavy atom. The van der Waals surface area contributed by atoms with E-state index in [-0.39, 0.29) is 23.9 Å². The molecule has 0 aromatic carbocycles. The summed E-state index contributed by atoms with van der Waals surface area (Å²) in [6.07, 6.45) is 8.93. The molecule has 1 amide bonds. The second-order valence-electron chi connectivity index (χ2n) is 10.6. The largest absolute Gasteiger partial charge is 0.443 e. The van der Waals surface area contributed by atoms with Gasteiger partial charge in [0.25, 0.3) is 5.91 Å². The van der Waals surface area contributed by atoms with E-state index < -0.39 is 5.91 Å². The highest BCUT2D eigenvalue weighted by atomic mass is 16.3. The fourth-order valence-electron chi connectivity index (χ4n) is 5.27. The van der Waals surface area contributed by atoms with Crippen molar-refractivity contribution in [3.05, 3.63) is 78.0 Å². The Hall–Kier alpha value is -4.64. The number of aryl methyl sites for hydroxylation is 1. The van der Waals surface area contributed by atoms with E-state index in [1.165, 1.54) is 12.5 Å². The summed E-state index contributed by atoms with van der Waals surface area (Å²) >= 11 is 0. The summed E-state index contributed by atoms with van der Waals surface area (Å²) in [7, 11) is 4.21. The second kappa shape index (κ2) is 10.5. The lowest BCUT2D eigenvalue weighted by molar-refractivity contribution is 0.0946. The van der Waals surface area contributed by atoms with Crippen molar-refractivity contribution in [2.24, 2.45) is 5.92 Å². The number of amides is 1. The lowest BCUT2D eigenvalue weighted by atomic mass is 9.73. The summed E-state index contributed by atoms with van der Waals surface area (Å²) in [6.45, 7) is 3.31. The van der Waals surface area contributed by atoms with Crippen LogP contribution in [0, 0.1) is 12.8 Å². The van der Waals surface area contributed by atoms with Crippen LogP contribution in [0.1, 0.15) is 46.3 Å². The van der Waals surface area contributed by atoms with Gasteiger partial charge in [0.1, 0.15) is 17.6 Å². The zero-order valence-corrected chi connectivity index (χ0v) is 22.7. The van der Waals surface area contributed by atoms with Crippen LogP contribution < -0.4 is 11.1 Å². The van der Waals surface area contributed by atoms with Crippen molar-refractivity contribution in [2.75, 3.05) is 26.4 Å². The van der Waals surface area contributed by atoms with Gasteiger partial charge in [-0.1, -0.05) is 6.07 Å². The summed E-state index contributed by atoms with van der Waals surface area (Å²) in [6, 6.07) is 9.72.